The third kappa shape index (κ3) is 2.45. The third-order valence-electron chi connectivity index (χ3n) is 3.40. The van der Waals surface area contributed by atoms with Crippen molar-refractivity contribution in [3.05, 3.63) is 15.9 Å². The fraction of sp³-hybridized carbons (Fsp3) is 0.727. The fourth-order valence-corrected chi connectivity index (χ4v) is 3.41. The van der Waals surface area contributed by atoms with E-state index in [4.69, 9.17) is 0 Å². The van der Waals surface area contributed by atoms with E-state index >= 15 is 0 Å². The summed E-state index contributed by atoms with van der Waals surface area (Å²) in [6, 6.07) is 0. The van der Waals surface area contributed by atoms with Crippen molar-refractivity contribution in [1.82, 2.24) is 9.55 Å². The number of aromatic nitrogens is 2. The van der Waals surface area contributed by atoms with Crippen LogP contribution in [0.2, 0.25) is 0 Å². The first-order valence-corrected chi connectivity index (χ1v) is 6.97. The largest absolute Gasteiger partial charge is 0.406 e. The Bertz CT molecular complexity index is 466. The molecule has 0 bridgehead atoms. The van der Waals surface area contributed by atoms with Crippen LogP contribution in [0.1, 0.15) is 25.6 Å². The lowest BCUT2D eigenvalue weighted by Crippen LogP contribution is -2.28. The molecule has 1 unspecified atom stereocenters. The summed E-state index contributed by atoms with van der Waals surface area (Å²) in [5, 5.41) is 14.2. The number of hydrogen-bond donors (Lipinski definition) is 1. The molecule has 100 valence electrons. The van der Waals surface area contributed by atoms with Crippen LogP contribution in [0, 0.1) is 17.0 Å². The van der Waals surface area contributed by atoms with Crippen molar-refractivity contribution in [1.29, 1.82) is 0 Å². The van der Waals surface area contributed by atoms with E-state index in [-0.39, 0.29) is 10.6 Å². The predicted octanol–water partition coefficient (Wildman–Crippen LogP) is 2.33. The summed E-state index contributed by atoms with van der Waals surface area (Å²) in [6.45, 7) is 4.70. The molecular formula is C11H18N4O2S. The average Bonchev–Trinajstić information content (AvgIpc) is 2.84. The normalized spacial score (nSPS) is 23.3. The fourth-order valence-electron chi connectivity index (χ4n) is 2.16. The highest BCUT2D eigenvalue weighted by Crippen LogP contribution is 2.38. The SMILES string of the molecule is Cc1nc([N+](=O)[O-])c(NCC2(C)CCCS2)n1C. The van der Waals surface area contributed by atoms with Crippen LogP contribution in [-0.2, 0) is 7.05 Å². The summed E-state index contributed by atoms with van der Waals surface area (Å²) in [7, 11) is 1.79. The minimum atomic E-state index is -0.431. The van der Waals surface area contributed by atoms with Gasteiger partial charge in [0.05, 0.1) is 0 Å². The number of imidazole rings is 1. The van der Waals surface area contributed by atoms with Crippen LogP contribution in [0.3, 0.4) is 0 Å². The van der Waals surface area contributed by atoms with Gasteiger partial charge in [-0.25, -0.2) is 0 Å². The van der Waals surface area contributed by atoms with Gasteiger partial charge in [0.1, 0.15) is 0 Å². The lowest BCUT2D eigenvalue weighted by molar-refractivity contribution is -0.388. The summed E-state index contributed by atoms with van der Waals surface area (Å²) in [5.74, 6) is 2.24. The number of nitrogens with zero attached hydrogens (tertiary/aromatic N) is 3. The Morgan fingerprint density at radius 2 is 2.39 bits per heavy atom. The van der Waals surface area contributed by atoms with Crippen molar-refractivity contribution in [2.24, 2.45) is 7.05 Å². The second kappa shape index (κ2) is 4.79. The van der Waals surface area contributed by atoms with E-state index in [9.17, 15) is 10.1 Å². The Hall–Kier alpha value is -1.24. The van der Waals surface area contributed by atoms with Gasteiger partial charge in [-0.2, -0.15) is 11.8 Å². The highest BCUT2D eigenvalue weighted by molar-refractivity contribution is 8.00. The molecule has 7 heteroatoms. The summed E-state index contributed by atoms with van der Waals surface area (Å²) >= 11 is 1.93. The summed E-state index contributed by atoms with van der Waals surface area (Å²) in [6.07, 6.45) is 2.37. The molecule has 0 radical (unpaired) electrons. The first-order chi connectivity index (χ1) is 8.43. The van der Waals surface area contributed by atoms with Crippen LogP contribution in [0.5, 0.6) is 0 Å². The number of rotatable bonds is 4. The number of nitro groups is 1. The van der Waals surface area contributed by atoms with Gasteiger partial charge in [0.15, 0.2) is 0 Å². The number of anilines is 1. The van der Waals surface area contributed by atoms with Crippen molar-refractivity contribution in [3.8, 4) is 0 Å². The number of thioether (sulfide) groups is 1. The van der Waals surface area contributed by atoms with E-state index in [1.54, 1.807) is 18.5 Å². The molecule has 0 amide bonds. The summed E-state index contributed by atoms with van der Waals surface area (Å²) < 4.78 is 1.91. The third-order valence-corrected chi connectivity index (χ3v) is 4.94. The minimum Gasteiger partial charge on any atom is -0.363 e. The zero-order valence-electron chi connectivity index (χ0n) is 10.9. The number of aryl methyl sites for hydroxylation is 1. The lowest BCUT2D eigenvalue weighted by atomic mass is 10.1. The zero-order chi connectivity index (χ0) is 13.3. The van der Waals surface area contributed by atoms with Crippen LogP contribution < -0.4 is 5.32 Å². The van der Waals surface area contributed by atoms with Crippen LogP contribution in [0.15, 0.2) is 0 Å². The van der Waals surface area contributed by atoms with Gasteiger partial charge in [0.2, 0.25) is 11.6 Å². The summed E-state index contributed by atoms with van der Waals surface area (Å²) in [5.41, 5.74) is 0. The Morgan fingerprint density at radius 3 is 2.94 bits per heavy atom. The predicted molar refractivity (Wildman–Crippen MR) is 73.2 cm³/mol. The first kappa shape index (κ1) is 13.2. The lowest BCUT2D eigenvalue weighted by Gasteiger charge is -2.23. The molecule has 1 atom stereocenters. The van der Waals surface area contributed by atoms with E-state index in [1.165, 1.54) is 12.2 Å². The van der Waals surface area contributed by atoms with Crippen LogP contribution in [0.25, 0.3) is 0 Å². The number of hydrogen-bond acceptors (Lipinski definition) is 5. The molecule has 0 aromatic carbocycles. The van der Waals surface area contributed by atoms with Crippen molar-refractivity contribution >= 4 is 23.4 Å². The maximum absolute atomic E-state index is 10.9. The van der Waals surface area contributed by atoms with Crippen molar-refractivity contribution in [3.63, 3.8) is 0 Å². The first-order valence-electron chi connectivity index (χ1n) is 5.98. The molecule has 1 fully saturated rings. The van der Waals surface area contributed by atoms with Crippen LogP contribution in [0.4, 0.5) is 11.6 Å². The molecule has 1 N–H and O–H groups in total. The molecule has 0 saturated carbocycles. The van der Waals surface area contributed by atoms with E-state index < -0.39 is 4.92 Å². The van der Waals surface area contributed by atoms with Gasteiger partial charge in [-0.05, 0) is 35.4 Å². The van der Waals surface area contributed by atoms with Gasteiger partial charge < -0.3 is 15.4 Å². The highest BCUT2D eigenvalue weighted by atomic mass is 32.2. The topological polar surface area (TPSA) is 73.0 Å². The van der Waals surface area contributed by atoms with Crippen LogP contribution in [-0.4, -0.2) is 31.5 Å². The smallest absolute Gasteiger partial charge is 0.363 e. The van der Waals surface area contributed by atoms with E-state index in [2.05, 4.69) is 17.2 Å². The molecule has 1 aliphatic heterocycles. The molecule has 6 nitrogen and oxygen atoms in total. The second-order valence-electron chi connectivity index (χ2n) is 4.90. The molecule has 1 aromatic heterocycles. The standard InChI is InChI=1S/C11H18N4O2S/c1-8-13-10(15(16)17)9(14(8)3)12-7-11(2)5-4-6-18-11/h12H,4-7H2,1-3H3. The van der Waals surface area contributed by atoms with Crippen molar-refractivity contribution in [2.75, 3.05) is 17.6 Å². The Kier molecular flexibility index (Phi) is 3.52. The molecule has 0 aliphatic carbocycles. The van der Waals surface area contributed by atoms with Gasteiger partial charge in [-0.15, -0.1) is 0 Å². The Balaban J connectivity index is 2.15. The molecule has 2 rings (SSSR count). The van der Waals surface area contributed by atoms with E-state index in [1.807, 2.05) is 11.8 Å². The second-order valence-corrected chi connectivity index (χ2v) is 6.59. The van der Waals surface area contributed by atoms with Crippen molar-refractivity contribution in [2.45, 2.75) is 31.4 Å². The highest BCUT2D eigenvalue weighted by Gasteiger charge is 2.31. The molecule has 1 aliphatic rings. The average molecular weight is 270 g/mol. The Labute approximate surface area is 110 Å². The zero-order valence-corrected chi connectivity index (χ0v) is 11.7. The van der Waals surface area contributed by atoms with Gasteiger partial charge >= 0.3 is 5.82 Å². The van der Waals surface area contributed by atoms with Crippen molar-refractivity contribution < 1.29 is 4.92 Å². The van der Waals surface area contributed by atoms with Gasteiger partial charge in [-0.3, -0.25) is 4.57 Å². The molecule has 0 spiro atoms. The molecule has 1 saturated heterocycles. The quantitative estimate of drug-likeness (QED) is 0.671. The summed E-state index contributed by atoms with van der Waals surface area (Å²) in [4.78, 5) is 14.5. The van der Waals surface area contributed by atoms with Gasteiger partial charge in [-0.1, -0.05) is 0 Å². The molecule has 1 aromatic rings. The van der Waals surface area contributed by atoms with Crippen LogP contribution >= 0.6 is 11.8 Å². The maximum atomic E-state index is 10.9. The molecule has 2 heterocycles. The van der Waals surface area contributed by atoms with Gasteiger partial charge in [0, 0.05) is 25.3 Å². The minimum absolute atomic E-state index is 0.0819. The van der Waals surface area contributed by atoms with Gasteiger partial charge in [0.25, 0.3) is 0 Å². The van der Waals surface area contributed by atoms with E-state index in [0.717, 1.165) is 13.0 Å². The molecule has 18 heavy (non-hydrogen) atoms. The van der Waals surface area contributed by atoms with E-state index in [0.29, 0.717) is 11.6 Å². The monoisotopic (exact) mass is 270 g/mol. The Morgan fingerprint density at radius 1 is 1.67 bits per heavy atom. The maximum Gasteiger partial charge on any atom is 0.406 e. The molecular weight excluding hydrogens is 252 g/mol. The number of nitrogens with one attached hydrogen (secondary N) is 1.